The Balaban J connectivity index is 2.49. The predicted molar refractivity (Wildman–Crippen MR) is 140 cm³/mol. The van der Waals surface area contributed by atoms with E-state index in [0.717, 1.165) is 20.8 Å². The van der Waals surface area contributed by atoms with Crippen molar-refractivity contribution in [3.63, 3.8) is 0 Å². The minimum absolute atomic E-state index is 0.120. The van der Waals surface area contributed by atoms with Gasteiger partial charge in [0.05, 0.1) is 13.7 Å². The van der Waals surface area contributed by atoms with Crippen molar-refractivity contribution in [2.75, 3.05) is 20.3 Å². The van der Waals surface area contributed by atoms with Crippen molar-refractivity contribution in [1.29, 1.82) is 0 Å². The standard InChI is InChI=1S/C28H36O13/c1-8-35-24(33)12-9-15(2)20-10-11-21(34-7)22(13-20)40-28-27(39-19(6)32)26(38-18(5)31)25(37-17(4)30)23(41-28)14-36-16(3)29/h10-11,13,23,25-28H,2,8-9,12,14H2,1,3-7H3/t23-,25-,26+,27-,28-/m1/s1. The average molecular weight is 581 g/mol. The molecule has 0 aliphatic carbocycles. The zero-order valence-corrected chi connectivity index (χ0v) is 24.0. The van der Waals surface area contributed by atoms with Crippen LogP contribution in [-0.2, 0) is 52.4 Å². The molecule has 13 heteroatoms. The Morgan fingerprint density at radius 1 is 0.805 bits per heavy atom. The van der Waals surface area contributed by atoms with Gasteiger partial charge in [-0.05, 0) is 36.6 Å². The van der Waals surface area contributed by atoms with Gasteiger partial charge in [-0.15, -0.1) is 0 Å². The van der Waals surface area contributed by atoms with Gasteiger partial charge in [0.25, 0.3) is 0 Å². The molecule has 0 aromatic heterocycles. The minimum Gasteiger partial charge on any atom is -0.493 e. The fraction of sp³-hybridized carbons (Fsp3) is 0.536. The monoisotopic (exact) mass is 580 g/mol. The highest BCUT2D eigenvalue weighted by Gasteiger charge is 2.53. The smallest absolute Gasteiger partial charge is 0.306 e. The molecule has 0 bridgehead atoms. The van der Waals surface area contributed by atoms with E-state index in [9.17, 15) is 24.0 Å². The molecule has 5 atom stereocenters. The van der Waals surface area contributed by atoms with Gasteiger partial charge >= 0.3 is 29.8 Å². The molecule has 41 heavy (non-hydrogen) atoms. The van der Waals surface area contributed by atoms with Gasteiger partial charge in [-0.1, -0.05) is 12.6 Å². The second kappa shape index (κ2) is 15.6. The summed E-state index contributed by atoms with van der Waals surface area (Å²) in [5.74, 6) is -2.90. The van der Waals surface area contributed by atoms with Crippen LogP contribution in [0.1, 0.15) is 53.0 Å². The first-order valence-corrected chi connectivity index (χ1v) is 12.8. The summed E-state index contributed by atoms with van der Waals surface area (Å²) in [4.78, 5) is 59.4. The van der Waals surface area contributed by atoms with E-state index >= 15 is 0 Å². The lowest BCUT2D eigenvalue weighted by Gasteiger charge is -2.44. The summed E-state index contributed by atoms with van der Waals surface area (Å²) in [6.07, 6.45) is -6.35. The molecule has 1 fully saturated rings. The van der Waals surface area contributed by atoms with Gasteiger partial charge in [-0.2, -0.15) is 0 Å². The van der Waals surface area contributed by atoms with Crippen LogP contribution >= 0.6 is 0 Å². The van der Waals surface area contributed by atoms with Gasteiger partial charge in [-0.3, -0.25) is 24.0 Å². The molecule has 13 nitrogen and oxygen atoms in total. The summed E-state index contributed by atoms with van der Waals surface area (Å²) in [5.41, 5.74) is 1.21. The predicted octanol–water partition coefficient (Wildman–Crippen LogP) is 2.51. The van der Waals surface area contributed by atoms with Gasteiger partial charge in [0.2, 0.25) is 12.4 Å². The second-order valence-corrected chi connectivity index (χ2v) is 8.96. The second-order valence-electron chi connectivity index (χ2n) is 8.96. The number of benzene rings is 1. The van der Waals surface area contributed by atoms with Gasteiger partial charge in [0, 0.05) is 34.1 Å². The van der Waals surface area contributed by atoms with Crippen molar-refractivity contribution < 1.29 is 61.9 Å². The Morgan fingerprint density at radius 2 is 1.41 bits per heavy atom. The zero-order chi connectivity index (χ0) is 30.7. The third kappa shape index (κ3) is 10.1. The Kier molecular flexibility index (Phi) is 12.6. The number of hydrogen-bond acceptors (Lipinski definition) is 13. The van der Waals surface area contributed by atoms with Crippen molar-refractivity contribution in [3.05, 3.63) is 30.3 Å². The highest BCUT2D eigenvalue weighted by atomic mass is 16.7. The van der Waals surface area contributed by atoms with Crippen LogP contribution in [0.4, 0.5) is 0 Å². The minimum atomic E-state index is -1.45. The summed E-state index contributed by atoms with van der Waals surface area (Å²) in [5, 5.41) is 0. The Labute approximate surface area is 237 Å². The SMILES string of the molecule is C=C(CCC(=O)OCC)c1ccc(OC)c(O[C@@H]2O[C@H](COC(C)=O)[C@@H](OC(C)=O)[C@H](OC(C)=O)[C@H]2OC(C)=O)c1. The molecule has 2 rings (SSSR count). The molecule has 1 heterocycles. The fourth-order valence-electron chi connectivity index (χ4n) is 4.03. The van der Waals surface area contributed by atoms with Gasteiger partial charge in [-0.25, -0.2) is 0 Å². The van der Waals surface area contributed by atoms with Crippen LogP contribution in [0, 0.1) is 0 Å². The van der Waals surface area contributed by atoms with E-state index in [0.29, 0.717) is 17.6 Å². The van der Waals surface area contributed by atoms with Crippen LogP contribution in [0.5, 0.6) is 11.5 Å². The lowest BCUT2D eigenvalue weighted by atomic mass is 9.98. The van der Waals surface area contributed by atoms with Crippen LogP contribution in [0.3, 0.4) is 0 Å². The normalized spacial score (nSPS) is 21.6. The quantitative estimate of drug-likeness (QED) is 0.248. The molecule has 0 amide bonds. The van der Waals surface area contributed by atoms with Crippen molar-refractivity contribution in [1.82, 2.24) is 0 Å². The van der Waals surface area contributed by atoms with Gasteiger partial charge < -0.3 is 37.9 Å². The molecule has 1 aromatic carbocycles. The molecular weight excluding hydrogens is 544 g/mol. The molecule has 0 unspecified atom stereocenters. The Bertz CT molecular complexity index is 1130. The summed E-state index contributed by atoms with van der Waals surface area (Å²) in [6, 6.07) is 4.90. The van der Waals surface area contributed by atoms with E-state index < -0.39 is 61.2 Å². The molecule has 1 aromatic rings. The first kappa shape index (κ1) is 33.1. The molecule has 226 valence electrons. The number of hydrogen-bond donors (Lipinski definition) is 0. The van der Waals surface area contributed by atoms with E-state index in [1.54, 1.807) is 25.1 Å². The van der Waals surface area contributed by atoms with Crippen LogP contribution in [-0.4, -0.2) is 80.9 Å². The molecule has 0 saturated carbocycles. The number of allylic oxidation sites excluding steroid dienone is 1. The van der Waals surface area contributed by atoms with Crippen molar-refractivity contribution in [2.45, 2.75) is 78.2 Å². The third-order valence-corrected chi connectivity index (χ3v) is 5.70. The lowest BCUT2D eigenvalue weighted by molar-refractivity contribution is -0.288. The Morgan fingerprint density at radius 3 is 1.98 bits per heavy atom. The number of esters is 5. The van der Waals surface area contributed by atoms with E-state index in [4.69, 9.17) is 37.9 Å². The van der Waals surface area contributed by atoms with Crippen molar-refractivity contribution in [2.24, 2.45) is 0 Å². The number of methoxy groups -OCH3 is 1. The van der Waals surface area contributed by atoms with Crippen molar-refractivity contribution in [3.8, 4) is 11.5 Å². The van der Waals surface area contributed by atoms with E-state index in [2.05, 4.69) is 6.58 Å². The summed E-state index contributed by atoms with van der Waals surface area (Å²) in [7, 11) is 1.41. The van der Waals surface area contributed by atoms with E-state index in [-0.39, 0.29) is 30.5 Å². The molecule has 0 radical (unpaired) electrons. The van der Waals surface area contributed by atoms with Crippen LogP contribution in [0.15, 0.2) is 24.8 Å². The van der Waals surface area contributed by atoms with Crippen LogP contribution in [0.25, 0.3) is 5.57 Å². The maximum Gasteiger partial charge on any atom is 0.306 e. The maximum atomic E-state index is 12.1. The number of carbonyl (C=O) groups is 5. The molecule has 0 N–H and O–H groups in total. The molecular formula is C28H36O13. The first-order chi connectivity index (χ1) is 19.4. The highest BCUT2D eigenvalue weighted by Crippen LogP contribution is 2.36. The lowest BCUT2D eigenvalue weighted by Crippen LogP contribution is -2.63. The topological polar surface area (TPSA) is 159 Å². The van der Waals surface area contributed by atoms with E-state index in [1.807, 2.05) is 0 Å². The van der Waals surface area contributed by atoms with Crippen LogP contribution < -0.4 is 9.47 Å². The zero-order valence-electron chi connectivity index (χ0n) is 24.0. The summed E-state index contributed by atoms with van der Waals surface area (Å²) >= 11 is 0. The van der Waals surface area contributed by atoms with Gasteiger partial charge in [0.1, 0.15) is 12.7 Å². The summed E-state index contributed by atoms with van der Waals surface area (Å²) < 4.78 is 43.8. The van der Waals surface area contributed by atoms with E-state index in [1.165, 1.54) is 14.0 Å². The largest absolute Gasteiger partial charge is 0.493 e. The van der Waals surface area contributed by atoms with Crippen LogP contribution in [0.2, 0.25) is 0 Å². The molecule has 0 spiro atoms. The maximum absolute atomic E-state index is 12.1. The third-order valence-electron chi connectivity index (χ3n) is 5.70. The van der Waals surface area contributed by atoms with Crippen molar-refractivity contribution >= 4 is 35.4 Å². The highest BCUT2D eigenvalue weighted by molar-refractivity contribution is 5.74. The average Bonchev–Trinajstić information content (AvgIpc) is 2.88. The number of ether oxygens (including phenoxy) is 8. The molecule has 1 aliphatic heterocycles. The molecule has 1 aliphatic rings. The van der Waals surface area contributed by atoms with Gasteiger partial charge in [0.15, 0.2) is 23.7 Å². The molecule has 1 saturated heterocycles. The Hall–Kier alpha value is -4.13. The fourth-order valence-corrected chi connectivity index (χ4v) is 4.03. The summed E-state index contributed by atoms with van der Waals surface area (Å²) in [6.45, 7) is 10.2. The number of rotatable bonds is 13. The first-order valence-electron chi connectivity index (χ1n) is 12.8. The number of carbonyl (C=O) groups excluding carboxylic acids is 5.